The number of aromatic nitrogens is 1. The minimum absolute atomic E-state index is 0.0220. The average Bonchev–Trinajstić information content (AvgIpc) is 3.14. The van der Waals surface area contributed by atoms with Crippen molar-refractivity contribution in [3.05, 3.63) is 40.9 Å². The lowest BCUT2D eigenvalue weighted by molar-refractivity contribution is -0.130. The highest BCUT2D eigenvalue weighted by Gasteiger charge is 2.23. The van der Waals surface area contributed by atoms with Crippen molar-refractivity contribution >= 4 is 40.0 Å². The number of carbonyl (C=O) groups is 3. The first kappa shape index (κ1) is 21.8. The molecular weight excluding hydrogens is 402 g/mol. The van der Waals surface area contributed by atoms with Crippen LogP contribution in [0.3, 0.4) is 0 Å². The molecule has 3 rings (SSSR count). The lowest BCUT2D eigenvalue weighted by Gasteiger charge is -2.33. The van der Waals surface area contributed by atoms with Gasteiger partial charge in [0.2, 0.25) is 11.8 Å². The molecule has 0 aliphatic carbocycles. The Balaban J connectivity index is 1.48. The normalized spacial score (nSPS) is 14.0. The average molecular weight is 430 g/mol. The van der Waals surface area contributed by atoms with Crippen LogP contribution in [0.1, 0.15) is 37.9 Å². The summed E-state index contributed by atoms with van der Waals surface area (Å²) in [6, 6.07) is 7.56. The van der Waals surface area contributed by atoms with Gasteiger partial charge in [-0.2, -0.15) is 0 Å². The van der Waals surface area contributed by atoms with Crippen molar-refractivity contribution in [3.63, 3.8) is 0 Å². The first-order chi connectivity index (χ1) is 14.3. The highest BCUT2D eigenvalue weighted by Crippen LogP contribution is 2.19. The molecule has 30 heavy (non-hydrogen) atoms. The fourth-order valence-corrected chi connectivity index (χ4v) is 3.86. The number of nitrogens with zero attached hydrogens (tertiary/aromatic N) is 3. The van der Waals surface area contributed by atoms with Crippen LogP contribution in [0.5, 0.6) is 0 Å². The van der Waals surface area contributed by atoms with Crippen molar-refractivity contribution in [2.45, 2.75) is 33.1 Å². The van der Waals surface area contributed by atoms with Crippen molar-refractivity contribution in [2.24, 2.45) is 0 Å². The molecule has 4 amide bonds. The van der Waals surface area contributed by atoms with Gasteiger partial charge in [0.15, 0.2) is 5.13 Å². The van der Waals surface area contributed by atoms with Crippen LogP contribution in [-0.4, -0.2) is 58.8 Å². The molecule has 0 radical (unpaired) electrons. The molecule has 1 aromatic heterocycles. The molecule has 9 heteroatoms. The number of hydrogen-bond donors (Lipinski definition) is 2. The third kappa shape index (κ3) is 5.79. The van der Waals surface area contributed by atoms with Crippen molar-refractivity contribution in [2.75, 3.05) is 36.8 Å². The molecule has 0 unspecified atom stereocenters. The lowest BCUT2D eigenvalue weighted by Crippen LogP contribution is -2.51. The summed E-state index contributed by atoms with van der Waals surface area (Å²) >= 11 is 1.29. The van der Waals surface area contributed by atoms with E-state index in [1.54, 1.807) is 15.2 Å². The van der Waals surface area contributed by atoms with E-state index >= 15 is 0 Å². The molecule has 0 atom stereocenters. The molecule has 0 saturated carbocycles. The third-order valence-corrected chi connectivity index (χ3v) is 5.79. The number of amides is 4. The molecular formula is C21H27N5O3S. The smallest absolute Gasteiger partial charge is 0.323 e. The first-order valence-corrected chi connectivity index (χ1v) is 10.9. The highest BCUT2D eigenvalue weighted by atomic mass is 32.1. The van der Waals surface area contributed by atoms with E-state index in [0.29, 0.717) is 42.9 Å². The standard InChI is InChI=1S/C21H27N5O3S/c1-14(2)16-4-6-17(7-5-16)22-19(28)12-18-13-30-20(23-18)24-21(29)26-10-8-25(9-11-26)15(3)27/h4-7,13-14H,8-12H2,1-3H3,(H,22,28)(H,23,24,29). The maximum absolute atomic E-state index is 12.4. The summed E-state index contributed by atoms with van der Waals surface area (Å²) in [6.07, 6.45) is 0.135. The Morgan fingerprint density at radius 3 is 2.27 bits per heavy atom. The second-order valence-electron chi connectivity index (χ2n) is 7.57. The van der Waals surface area contributed by atoms with Gasteiger partial charge in [0, 0.05) is 44.2 Å². The summed E-state index contributed by atoms with van der Waals surface area (Å²) in [5, 5.41) is 7.87. The summed E-state index contributed by atoms with van der Waals surface area (Å²) in [5.74, 6) is 0.306. The van der Waals surface area contributed by atoms with Crippen LogP contribution in [0.4, 0.5) is 15.6 Å². The van der Waals surface area contributed by atoms with Gasteiger partial charge in [0.05, 0.1) is 12.1 Å². The van der Waals surface area contributed by atoms with Crippen LogP contribution >= 0.6 is 11.3 Å². The Morgan fingerprint density at radius 2 is 1.67 bits per heavy atom. The van der Waals surface area contributed by atoms with E-state index in [1.165, 1.54) is 23.8 Å². The van der Waals surface area contributed by atoms with Gasteiger partial charge in [-0.25, -0.2) is 9.78 Å². The minimum Gasteiger partial charge on any atom is -0.339 e. The predicted octanol–water partition coefficient (Wildman–Crippen LogP) is 3.14. The zero-order chi connectivity index (χ0) is 21.7. The second kappa shape index (κ2) is 9.71. The molecule has 2 N–H and O–H groups in total. The van der Waals surface area contributed by atoms with Gasteiger partial charge in [-0.3, -0.25) is 14.9 Å². The van der Waals surface area contributed by atoms with E-state index in [0.717, 1.165) is 5.69 Å². The SMILES string of the molecule is CC(=O)N1CCN(C(=O)Nc2nc(CC(=O)Nc3ccc(C(C)C)cc3)cs2)CC1. The highest BCUT2D eigenvalue weighted by molar-refractivity contribution is 7.13. The monoisotopic (exact) mass is 429 g/mol. The van der Waals surface area contributed by atoms with E-state index in [-0.39, 0.29) is 24.3 Å². The fraction of sp³-hybridized carbons (Fsp3) is 0.429. The number of hydrogen-bond acceptors (Lipinski definition) is 5. The number of nitrogens with one attached hydrogen (secondary N) is 2. The number of carbonyl (C=O) groups excluding carboxylic acids is 3. The van der Waals surface area contributed by atoms with Crippen molar-refractivity contribution in [1.29, 1.82) is 0 Å². The zero-order valence-electron chi connectivity index (χ0n) is 17.5. The van der Waals surface area contributed by atoms with Gasteiger partial charge < -0.3 is 15.1 Å². The molecule has 8 nitrogen and oxygen atoms in total. The largest absolute Gasteiger partial charge is 0.339 e. The number of thiazole rings is 1. The molecule has 0 bridgehead atoms. The van der Waals surface area contributed by atoms with E-state index in [4.69, 9.17) is 0 Å². The molecule has 2 heterocycles. The topological polar surface area (TPSA) is 94.6 Å². The molecule has 160 valence electrons. The van der Waals surface area contributed by atoms with Crippen LogP contribution in [0.15, 0.2) is 29.6 Å². The van der Waals surface area contributed by atoms with Gasteiger partial charge >= 0.3 is 6.03 Å². The van der Waals surface area contributed by atoms with E-state index in [9.17, 15) is 14.4 Å². The molecule has 2 aromatic rings. The number of anilines is 2. The van der Waals surface area contributed by atoms with Crippen LogP contribution in [0.25, 0.3) is 0 Å². The number of rotatable bonds is 5. The maximum atomic E-state index is 12.4. The number of piperazine rings is 1. The van der Waals surface area contributed by atoms with Crippen LogP contribution in [0.2, 0.25) is 0 Å². The maximum Gasteiger partial charge on any atom is 0.323 e. The summed E-state index contributed by atoms with van der Waals surface area (Å²) < 4.78 is 0. The molecule has 1 aliphatic rings. The molecule has 1 aromatic carbocycles. The Labute approximate surface area is 180 Å². The van der Waals surface area contributed by atoms with Gasteiger partial charge in [-0.1, -0.05) is 26.0 Å². The summed E-state index contributed by atoms with van der Waals surface area (Å²) in [5.41, 5.74) is 2.57. The zero-order valence-corrected chi connectivity index (χ0v) is 18.3. The van der Waals surface area contributed by atoms with E-state index in [1.807, 2.05) is 24.3 Å². The summed E-state index contributed by atoms with van der Waals surface area (Å²) in [4.78, 5) is 43.8. The van der Waals surface area contributed by atoms with E-state index < -0.39 is 0 Å². The Kier molecular flexibility index (Phi) is 7.04. The van der Waals surface area contributed by atoms with Crippen LogP contribution in [0, 0.1) is 0 Å². The molecule has 0 spiro atoms. The van der Waals surface area contributed by atoms with Gasteiger partial charge in [-0.05, 0) is 23.6 Å². The number of urea groups is 1. The quantitative estimate of drug-likeness (QED) is 0.763. The van der Waals surface area contributed by atoms with Gasteiger partial charge in [-0.15, -0.1) is 11.3 Å². The second-order valence-corrected chi connectivity index (χ2v) is 8.43. The first-order valence-electron chi connectivity index (χ1n) is 9.97. The minimum atomic E-state index is -0.242. The summed E-state index contributed by atoms with van der Waals surface area (Å²) in [6.45, 7) is 7.82. The van der Waals surface area contributed by atoms with Crippen molar-refractivity contribution in [1.82, 2.24) is 14.8 Å². The van der Waals surface area contributed by atoms with Crippen molar-refractivity contribution < 1.29 is 14.4 Å². The molecule has 1 fully saturated rings. The third-order valence-electron chi connectivity index (χ3n) is 4.98. The predicted molar refractivity (Wildman–Crippen MR) is 118 cm³/mol. The van der Waals surface area contributed by atoms with Crippen LogP contribution in [-0.2, 0) is 16.0 Å². The van der Waals surface area contributed by atoms with Gasteiger partial charge in [0.25, 0.3) is 0 Å². The Morgan fingerprint density at radius 1 is 1.03 bits per heavy atom. The van der Waals surface area contributed by atoms with E-state index in [2.05, 4.69) is 29.5 Å². The van der Waals surface area contributed by atoms with Crippen LogP contribution < -0.4 is 10.6 Å². The van der Waals surface area contributed by atoms with Gasteiger partial charge in [0.1, 0.15) is 0 Å². The Hall–Kier alpha value is -2.94. The lowest BCUT2D eigenvalue weighted by atomic mass is 10.0. The molecule has 1 saturated heterocycles. The Bertz CT molecular complexity index is 902. The molecule has 1 aliphatic heterocycles. The number of benzene rings is 1. The van der Waals surface area contributed by atoms with Crippen molar-refractivity contribution in [3.8, 4) is 0 Å². The fourth-order valence-electron chi connectivity index (χ4n) is 3.16. The summed E-state index contributed by atoms with van der Waals surface area (Å²) in [7, 11) is 0.